The summed E-state index contributed by atoms with van der Waals surface area (Å²) in [7, 11) is 0. The molecule has 0 aliphatic heterocycles. The van der Waals surface area contributed by atoms with Gasteiger partial charge < -0.3 is 19.7 Å². The van der Waals surface area contributed by atoms with Crippen LogP contribution in [0.4, 0.5) is 0 Å². The van der Waals surface area contributed by atoms with Crippen molar-refractivity contribution in [3.63, 3.8) is 0 Å². The molecule has 0 aliphatic carbocycles. The van der Waals surface area contributed by atoms with Gasteiger partial charge in [0.25, 0.3) is 0 Å². The summed E-state index contributed by atoms with van der Waals surface area (Å²) in [6, 6.07) is 14.6. The number of carbonyl (C=O) groups is 4. The Hall–Kier alpha value is -3.68. The normalized spacial score (nSPS) is 10.6. The van der Waals surface area contributed by atoms with Gasteiger partial charge in [0.15, 0.2) is 0 Å². The van der Waals surface area contributed by atoms with Gasteiger partial charge in [-0.25, -0.2) is 14.4 Å². The van der Waals surface area contributed by atoms with E-state index in [2.05, 4.69) is 0 Å². The van der Waals surface area contributed by atoms with E-state index in [9.17, 15) is 24.3 Å². The lowest BCUT2D eigenvalue weighted by atomic mass is 10.1. The summed E-state index contributed by atoms with van der Waals surface area (Å²) >= 11 is 0. The standard InChI is InChI=1S/C18H14O8/c19-14(20)11-18(17(23)24,25-15(21)12-7-3-1-4-8-12)26-16(22)13-9-5-2-6-10-13/h1-10H,11H2,(H,19,20)(H,23,24). The van der Waals surface area contributed by atoms with Gasteiger partial charge in [0.2, 0.25) is 0 Å². The van der Waals surface area contributed by atoms with E-state index >= 15 is 0 Å². The van der Waals surface area contributed by atoms with Crippen LogP contribution in [0.5, 0.6) is 0 Å². The molecule has 0 bridgehead atoms. The smallest absolute Gasteiger partial charge is 0.391 e. The Labute approximate surface area is 147 Å². The van der Waals surface area contributed by atoms with E-state index in [0.717, 1.165) is 0 Å². The van der Waals surface area contributed by atoms with E-state index in [-0.39, 0.29) is 11.1 Å². The van der Waals surface area contributed by atoms with Crippen molar-refractivity contribution in [2.45, 2.75) is 12.2 Å². The second kappa shape index (κ2) is 7.93. The second-order valence-corrected chi connectivity index (χ2v) is 5.14. The average Bonchev–Trinajstić information content (AvgIpc) is 2.62. The number of carbonyl (C=O) groups excluding carboxylic acids is 2. The molecule has 0 amide bonds. The van der Waals surface area contributed by atoms with Gasteiger partial charge in [-0.2, -0.15) is 0 Å². The highest BCUT2D eigenvalue weighted by atomic mass is 16.7. The molecule has 2 aromatic rings. The third kappa shape index (κ3) is 4.44. The molecule has 0 aromatic heterocycles. The Balaban J connectivity index is 2.35. The highest BCUT2D eigenvalue weighted by Gasteiger charge is 2.50. The van der Waals surface area contributed by atoms with Gasteiger partial charge >= 0.3 is 29.7 Å². The molecule has 2 rings (SSSR count). The van der Waals surface area contributed by atoms with E-state index in [1.807, 2.05) is 0 Å². The van der Waals surface area contributed by atoms with Crippen molar-refractivity contribution in [2.24, 2.45) is 0 Å². The Kier molecular flexibility index (Phi) is 5.69. The fourth-order valence-corrected chi connectivity index (χ4v) is 2.02. The monoisotopic (exact) mass is 358 g/mol. The number of hydrogen-bond acceptors (Lipinski definition) is 6. The lowest BCUT2D eigenvalue weighted by molar-refractivity contribution is -0.209. The number of aliphatic carboxylic acids is 2. The maximum atomic E-state index is 12.2. The van der Waals surface area contributed by atoms with Crippen LogP contribution >= 0.6 is 0 Å². The molecule has 0 aliphatic rings. The molecular formula is C18H14O8. The van der Waals surface area contributed by atoms with Crippen molar-refractivity contribution in [3.05, 3.63) is 71.8 Å². The van der Waals surface area contributed by atoms with Gasteiger partial charge in [-0.05, 0) is 24.3 Å². The highest BCUT2D eigenvalue weighted by molar-refractivity contribution is 5.96. The summed E-state index contributed by atoms with van der Waals surface area (Å²) < 4.78 is 9.65. The second-order valence-electron chi connectivity index (χ2n) is 5.14. The highest BCUT2D eigenvalue weighted by Crippen LogP contribution is 2.23. The quantitative estimate of drug-likeness (QED) is 0.568. The summed E-state index contributed by atoms with van der Waals surface area (Å²) in [6.07, 6.45) is -1.26. The molecule has 134 valence electrons. The molecule has 8 heteroatoms. The third-order valence-electron chi connectivity index (χ3n) is 3.24. The van der Waals surface area contributed by atoms with Crippen LogP contribution in [-0.2, 0) is 19.1 Å². The van der Waals surface area contributed by atoms with Crippen molar-refractivity contribution in [1.82, 2.24) is 0 Å². The predicted octanol–water partition coefficient (Wildman–Crippen LogP) is 1.96. The molecule has 0 spiro atoms. The molecule has 0 radical (unpaired) electrons. The van der Waals surface area contributed by atoms with Crippen LogP contribution in [0, 0.1) is 0 Å². The topological polar surface area (TPSA) is 127 Å². The van der Waals surface area contributed by atoms with Gasteiger partial charge in [0.05, 0.1) is 11.1 Å². The van der Waals surface area contributed by atoms with Crippen LogP contribution in [0.25, 0.3) is 0 Å². The van der Waals surface area contributed by atoms with Crippen molar-refractivity contribution >= 4 is 23.9 Å². The maximum Gasteiger partial charge on any atom is 0.391 e. The van der Waals surface area contributed by atoms with Crippen LogP contribution in [0.1, 0.15) is 27.1 Å². The number of carboxylic acids is 2. The van der Waals surface area contributed by atoms with E-state index in [1.54, 1.807) is 12.1 Å². The minimum Gasteiger partial charge on any atom is -0.481 e. The van der Waals surface area contributed by atoms with E-state index < -0.39 is 36.1 Å². The van der Waals surface area contributed by atoms with Gasteiger partial charge in [-0.3, -0.25) is 4.79 Å². The third-order valence-corrected chi connectivity index (χ3v) is 3.24. The maximum absolute atomic E-state index is 12.2. The van der Waals surface area contributed by atoms with E-state index in [4.69, 9.17) is 14.6 Å². The molecule has 0 heterocycles. The fraction of sp³-hybridized carbons (Fsp3) is 0.111. The summed E-state index contributed by atoms with van der Waals surface area (Å²) in [6.45, 7) is 0. The number of ether oxygens (including phenoxy) is 2. The summed E-state index contributed by atoms with van der Waals surface area (Å²) in [5.74, 6) is -8.85. The molecule has 0 unspecified atom stereocenters. The first-order valence-corrected chi connectivity index (χ1v) is 7.36. The number of rotatable bonds is 7. The van der Waals surface area contributed by atoms with Crippen LogP contribution < -0.4 is 0 Å². The van der Waals surface area contributed by atoms with Crippen LogP contribution in [0.3, 0.4) is 0 Å². The minimum absolute atomic E-state index is 0.0285. The van der Waals surface area contributed by atoms with Crippen LogP contribution in [0.15, 0.2) is 60.7 Å². The first-order chi connectivity index (χ1) is 12.3. The first-order valence-electron chi connectivity index (χ1n) is 7.36. The van der Waals surface area contributed by atoms with Gasteiger partial charge in [-0.15, -0.1) is 0 Å². The predicted molar refractivity (Wildman–Crippen MR) is 86.3 cm³/mol. The van der Waals surface area contributed by atoms with Gasteiger partial charge in [0, 0.05) is 0 Å². The van der Waals surface area contributed by atoms with E-state index in [1.165, 1.54) is 48.5 Å². The van der Waals surface area contributed by atoms with Crippen molar-refractivity contribution in [3.8, 4) is 0 Å². The summed E-state index contributed by atoms with van der Waals surface area (Å²) in [5.41, 5.74) is -0.0569. The zero-order chi connectivity index (χ0) is 19.2. The molecule has 2 N–H and O–H groups in total. The van der Waals surface area contributed by atoms with E-state index in [0.29, 0.717) is 0 Å². The molecule has 0 fully saturated rings. The molecule has 0 saturated heterocycles. The Morgan fingerprint density at radius 3 is 1.42 bits per heavy atom. The molecule has 0 atom stereocenters. The van der Waals surface area contributed by atoms with Crippen molar-refractivity contribution in [1.29, 1.82) is 0 Å². The zero-order valence-corrected chi connectivity index (χ0v) is 13.3. The Bertz CT molecular complexity index is 760. The molecule has 26 heavy (non-hydrogen) atoms. The largest absolute Gasteiger partial charge is 0.481 e. The number of carboxylic acid groups (broad SMARTS) is 2. The average molecular weight is 358 g/mol. The first kappa shape index (κ1) is 18.7. The summed E-state index contributed by atoms with van der Waals surface area (Å²) in [4.78, 5) is 47.2. The Morgan fingerprint density at radius 1 is 0.731 bits per heavy atom. The van der Waals surface area contributed by atoms with Gasteiger partial charge in [0.1, 0.15) is 6.42 Å². The Morgan fingerprint density at radius 2 is 1.12 bits per heavy atom. The molecule has 2 aromatic carbocycles. The van der Waals surface area contributed by atoms with Crippen LogP contribution in [0.2, 0.25) is 0 Å². The number of esters is 2. The number of hydrogen-bond donors (Lipinski definition) is 2. The van der Waals surface area contributed by atoms with Gasteiger partial charge in [-0.1, -0.05) is 36.4 Å². The minimum atomic E-state index is -3.01. The lowest BCUT2D eigenvalue weighted by Gasteiger charge is -2.27. The molecule has 0 saturated carbocycles. The molecular weight excluding hydrogens is 344 g/mol. The number of benzene rings is 2. The lowest BCUT2D eigenvalue weighted by Crippen LogP contribution is -2.49. The van der Waals surface area contributed by atoms with Crippen molar-refractivity contribution < 1.29 is 38.9 Å². The SMILES string of the molecule is O=C(O)CC(OC(=O)c1ccccc1)(OC(=O)c1ccccc1)C(=O)O. The molecule has 8 nitrogen and oxygen atoms in total. The van der Waals surface area contributed by atoms with Crippen molar-refractivity contribution in [2.75, 3.05) is 0 Å². The fourth-order valence-electron chi connectivity index (χ4n) is 2.02. The summed E-state index contributed by atoms with van der Waals surface area (Å²) in [5, 5.41) is 18.5. The zero-order valence-electron chi connectivity index (χ0n) is 13.3. The van der Waals surface area contributed by atoms with Crippen LogP contribution in [-0.4, -0.2) is 39.9 Å².